The van der Waals surface area contributed by atoms with E-state index in [2.05, 4.69) is 15.9 Å². The SMILES string of the molecule is COc1ccc(/C(O)=C2\C(=O)C(=O)N(CCc3ccccc3)C2c2cc(Br)c(O)c(OC)c2)cc1. The molecule has 1 heterocycles. The molecule has 180 valence electrons. The number of likely N-dealkylation sites (tertiary alicyclic amines) is 1. The molecule has 0 bridgehead atoms. The summed E-state index contributed by atoms with van der Waals surface area (Å²) in [6.07, 6.45) is 0.517. The second-order valence-corrected chi connectivity index (χ2v) is 8.86. The first-order valence-corrected chi connectivity index (χ1v) is 11.7. The van der Waals surface area contributed by atoms with Crippen LogP contribution in [0.15, 0.2) is 76.8 Å². The minimum Gasteiger partial charge on any atom is -0.507 e. The number of hydrogen-bond acceptors (Lipinski definition) is 6. The van der Waals surface area contributed by atoms with Crippen molar-refractivity contribution in [3.8, 4) is 17.2 Å². The van der Waals surface area contributed by atoms with Crippen LogP contribution in [0, 0.1) is 0 Å². The number of aromatic hydroxyl groups is 1. The molecule has 1 aliphatic heterocycles. The van der Waals surface area contributed by atoms with Crippen LogP contribution < -0.4 is 9.47 Å². The van der Waals surface area contributed by atoms with Gasteiger partial charge in [0.25, 0.3) is 11.7 Å². The van der Waals surface area contributed by atoms with E-state index in [9.17, 15) is 19.8 Å². The number of carbonyl (C=O) groups is 2. The lowest BCUT2D eigenvalue weighted by Crippen LogP contribution is -2.31. The Hall–Kier alpha value is -3.78. The van der Waals surface area contributed by atoms with Gasteiger partial charge in [0.1, 0.15) is 11.5 Å². The van der Waals surface area contributed by atoms with Crippen LogP contribution in [0.2, 0.25) is 0 Å². The van der Waals surface area contributed by atoms with Crippen LogP contribution in [0.5, 0.6) is 17.2 Å². The Morgan fingerprint density at radius 1 is 1.00 bits per heavy atom. The Kier molecular flexibility index (Phi) is 7.12. The Morgan fingerprint density at radius 2 is 1.69 bits per heavy atom. The molecule has 0 spiro atoms. The van der Waals surface area contributed by atoms with E-state index in [4.69, 9.17) is 9.47 Å². The zero-order chi connectivity index (χ0) is 25.1. The van der Waals surface area contributed by atoms with E-state index in [1.54, 1.807) is 36.4 Å². The fraction of sp³-hybridized carbons (Fsp3) is 0.185. The Bertz CT molecular complexity index is 1290. The highest BCUT2D eigenvalue weighted by Crippen LogP contribution is 2.44. The molecule has 8 heteroatoms. The summed E-state index contributed by atoms with van der Waals surface area (Å²) < 4.78 is 10.8. The van der Waals surface area contributed by atoms with Gasteiger partial charge in [-0.15, -0.1) is 0 Å². The molecule has 7 nitrogen and oxygen atoms in total. The van der Waals surface area contributed by atoms with Gasteiger partial charge in [-0.1, -0.05) is 30.3 Å². The van der Waals surface area contributed by atoms with Crippen molar-refractivity contribution in [2.24, 2.45) is 0 Å². The summed E-state index contributed by atoms with van der Waals surface area (Å²) in [5.74, 6) is -1.11. The third-order valence-electron chi connectivity index (χ3n) is 5.97. The number of phenols is 1. The molecule has 1 saturated heterocycles. The third-order valence-corrected chi connectivity index (χ3v) is 6.58. The second-order valence-electron chi connectivity index (χ2n) is 8.01. The minimum atomic E-state index is -0.883. The summed E-state index contributed by atoms with van der Waals surface area (Å²) in [4.78, 5) is 27.9. The van der Waals surface area contributed by atoms with Crippen LogP contribution in [-0.2, 0) is 16.0 Å². The zero-order valence-corrected chi connectivity index (χ0v) is 20.8. The number of nitrogens with zero attached hydrogens (tertiary/aromatic N) is 1. The van der Waals surface area contributed by atoms with Crippen molar-refractivity contribution in [3.05, 3.63) is 93.5 Å². The third kappa shape index (κ3) is 4.74. The summed E-state index contributed by atoms with van der Waals surface area (Å²) in [6, 6.07) is 18.5. The van der Waals surface area contributed by atoms with Crippen molar-refractivity contribution in [2.75, 3.05) is 20.8 Å². The highest BCUT2D eigenvalue weighted by atomic mass is 79.9. The van der Waals surface area contributed by atoms with Crippen molar-refractivity contribution in [1.29, 1.82) is 0 Å². The normalized spacial score (nSPS) is 17.0. The molecule has 2 N–H and O–H groups in total. The fourth-order valence-electron chi connectivity index (χ4n) is 4.16. The van der Waals surface area contributed by atoms with Gasteiger partial charge in [-0.3, -0.25) is 9.59 Å². The van der Waals surface area contributed by atoms with Crippen LogP contribution in [0.4, 0.5) is 0 Å². The van der Waals surface area contributed by atoms with E-state index >= 15 is 0 Å². The first-order chi connectivity index (χ1) is 16.8. The molecule has 0 radical (unpaired) electrons. The number of hydrogen-bond donors (Lipinski definition) is 2. The van der Waals surface area contributed by atoms with Crippen molar-refractivity contribution in [1.82, 2.24) is 4.90 Å². The monoisotopic (exact) mass is 537 g/mol. The number of rotatable bonds is 7. The van der Waals surface area contributed by atoms with Crippen LogP contribution in [0.25, 0.3) is 5.76 Å². The first kappa shape index (κ1) is 24.3. The molecule has 35 heavy (non-hydrogen) atoms. The molecule has 0 aromatic heterocycles. The van der Waals surface area contributed by atoms with Gasteiger partial charge >= 0.3 is 0 Å². The molecule has 0 saturated carbocycles. The van der Waals surface area contributed by atoms with Crippen LogP contribution in [-0.4, -0.2) is 47.6 Å². The summed E-state index contributed by atoms with van der Waals surface area (Å²) in [7, 11) is 2.94. The Morgan fingerprint density at radius 3 is 2.31 bits per heavy atom. The Labute approximate surface area is 211 Å². The van der Waals surface area contributed by atoms with Crippen molar-refractivity contribution < 1.29 is 29.3 Å². The van der Waals surface area contributed by atoms with Gasteiger partial charge in [0, 0.05) is 12.1 Å². The summed E-state index contributed by atoms with van der Waals surface area (Å²) in [5.41, 5.74) is 1.86. The largest absolute Gasteiger partial charge is 0.507 e. The zero-order valence-electron chi connectivity index (χ0n) is 19.2. The lowest BCUT2D eigenvalue weighted by atomic mass is 9.94. The maximum absolute atomic E-state index is 13.2. The molecular formula is C27H24BrNO6. The highest BCUT2D eigenvalue weighted by Gasteiger charge is 2.46. The Balaban J connectivity index is 1.84. The average molecular weight is 538 g/mol. The molecular weight excluding hydrogens is 514 g/mol. The quantitative estimate of drug-likeness (QED) is 0.254. The summed E-state index contributed by atoms with van der Waals surface area (Å²) in [6.45, 7) is 0.249. The van der Waals surface area contributed by atoms with Gasteiger partial charge < -0.3 is 24.6 Å². The fourth-order valence-corrected chi connectivity index (χ4v) is 4.62. The van der Waals surface area contributed by atoms with E-state index in [0.717, 1.165) is 5.56 Å². The predicted octanol–water partition coefficient (Wildman–Crippen LogP) is 4.84. The maximum Gasteiger partial charge on any atom is 0.295 e. The molecule has 0 aliphatic carbocycles. The van der Waals surface area contributed by atoms with Gasteiger partial charge in [0.05, 0.1) is 30.3 Å². The second kappa shape index (κ2) is 10.2. The molecule has 1 amide bonds. The molecule has 3 aromatic rings. The predicted molar refractivity (Wildman–Crippen MR) is 135 cm³/mol. The smallest absolute Gasteiger partial charge is 0.295 e. The van der Waals surface area contributed by atoms with E-state index in [0.29, 0.717) is 27.8 Å². The van der Waals surface area contributed by atoms with Crippen molar-refractivity contribution >= 4 is 33.4 Å². The average Bonchev–Trinajstić information content (AvgIpc) is 3.14. The van der Waals surface area contributed by atoms with Gasteiger partial charge in [-0.2, -0.15) is 0 Å². The van der Waals surface area contributed by atoms with Crippen molar-refractivity contribution in [2.45, 2.75) is 12.5 Å². The van der Waals surface area contributed by atoms with Crippen LogP contribution in [0.1, 0.15) is 22.7 Å². The lowest BCUT2D eigenvalue weighted by molar-refractivity contribution is -0.139. The number of aliphatic hydroxyl groups is 1. The van der Waals surface area contributed by atoms with E-state index in [1.807, 2.05) is 30.3 Å². The molecule has 1 aliphatic rings. The number of ether oxygens (including phenoxy) is 2. The first-order valence-electron chi connectivity index (χ1n) is 10.9. The molecule has 1 unspecified atom stereocenters. The number of halogens is 1. The van der Waals surface area contributed by atoms with E-state index in [1.165, 1.54) is 19.1 Å². The lowest BCUT2D eigenvalue weighted by Gasteiger charge is -2.26. The topological polar surface area (TPSA) is 96.3 Å². The number of phenolic OH excluding ortho intramolecular Hbond substituents is 1. The molecule has 1 fully saturated rings. The van der Waals surface area contributed by atoms with E-state index in [-0.39, 0.29) is 29.4 Å². The summed E-state index contributed by atoms with van der Waals surface area (Å²) in [5, 5.41) is 21.5. The van der Waals surface area contributed by atoms with Crippen molar-refractivity contribution in [3.63, 3.8) is 0 Å². The number of amides is 1. The number of carbonyl (C=O) groups excluding carboxylic acids is 2. The van der Waals surface area contributed by atoms with E-state index < -0.39 is 17.7 Å². The number of Topliss-reactive ketones (excluding diaryl/α,β-unsaturated/α-hetero) is 1. The van der Waals surface area contributed by atoms with Gasteiger partial charge in [0.2, 0.25) is 0 Å². The van der Waals surface area contributed by atoms with Gasteiger partial charge in [0.15, 0.2) is 11.5 Å². The van der Waals surface area contributed by atoms with Crippen LogP contribution >= 0.6 is 15.9 Å². The van der Waals surface area contributed by atoms with Crippen LogP contribution in [0.3, 0.4) is 0 Å². The van der Waals surface area contributed by atoms with Gasteiger partial charge in [-0.25, -0.2) is 0 Å². The maximum atomic E-state index is 13.2. The number of ketones is 1. The number of aliphatic hydroxyl groups excluding tert-OH is 1. The molecule has 1 atom stereocenters. The standard InChI is InChI=1S/C27H24BrNO6/c1-34-19-10-8-17(9-11-19)24(30)22-23(18-14-20(28)25(31)21(15-18)35-2)29(27(33)26(22)32)13-12-16-6-4-3-5-7-16/h3-11,14-15,23,30-31H,12-13H2,1-2H3/b24-22+. The molecule has 3 aromatic carbocycles. The number of benzene rings is 3. The molecule has 4 rings (SSSR count). The number of methoxy groups -OCH3 is 2. The summed E-state index contributed by atoms with van der Waals surface area (Å²) >= 11 is 3.32. The minimum absolute atomic E-state index is 0.0344. The van der Waals surface area contributed by atoms with Gasteiger partial charge in [-0.05, 0) is 69.9 Å². The highest BCUT2D eigenvalue weighted by molar-refractivity contribution is 9.10.